The van der Waals surface area contributed by atoms with Gasteiger partial charge in [0.15, 0.2) is 17.5 Å². The van der Waals surface area contributed by atoms with Gasteiger partial charge in [-0.3, -0.25) is 9.11 Å². The highest BCUT2D eigenvalue weighted by atomic mass is 32.2. The van der Waals surface area contributed by atoms with E-state index in [1.54, 1.807) is 0 Å². The van der Waals surface area contributed by atoms with Crippen LogP contribution in [0, 0.1) is 6.92 Å². The topological polar surface area (TPSA) is 269 Å². The van der Waals surface area contributed by atoms with Gasteiger partial charge in [-0.15, -0.1) is 0 Å². The van der Waals surface area contributed by atoms with Crippen LogP contribution in [0.5, 0.6) is 34.5 Å². The lowest BCUT2D eigenvalue weighted by Crippen LogP contribution is -2.04. The number of aromatic hydroxyl groups is 6. The zero-order valence-corrected chi connectivity index (χ0v) is 21.0. The minimum atomic E-state index is -5.02. The predicted octanol–water partition coefficient (Wildman–Crippen LogP) is 1.91. The third-order valence-corrected chi connectivity index (χ3v) is 7.15. The van der Waals surface area contributed by atoms with Crippen LogP contribution >= 0.6 is 0 Å². The van der Waals surface area contributed by atoms with Gasteiger partial charge in [0.05, 0.1) is 16.7 Å². The van der Waals surface area contributed by atoms with E-state index in [4.69, 9.17) is 0 Å². The van der Waals surface area contributed by atoms with Gasteiger partial charge in [0.2, 0.25) is 0 Å². The van der Waals surface area contributed by atoms with E-state index in [1.807, 2.05) is 0 Å². The van der Waals surface area contributed by atoms with Crippen molar-refractivity contribution in [1.29, 1.82) is 0 Å². The Morgan fingerprint density at radius 1 is 0.487 bits per heavy atom. The largest absolute Gasteiger partial charge is 0.508 e. The third-order valence-electron chi connectivity index (χ3n) is 5.38. The van der Waals surface area contributed by atoms with Gasteiger partial charge in [-0.05, 0) is 30.7 Å². The maximum absolute atomic E-state index is 11.7. The van der Waals surface area contributed by atoms with Crippen LogP contribution < -0.4 is 0 Å². The number of aryl methyl sites for hydroxylation is 1. The number of aromatic nitrogens is 3. The average molecular weight is 580 g/mol. The molecule has 0 unspecified atom stereocenters. The van der Waals surface area contributed by atoms with Crippen LogP contribution in [-0.2, 0) is 20.2 Å². The summed E-state index contributed by atoms with van der Waals surface area (Å²) in [4.78, 5) is 10.1. The Labute approximate surface area is 219 Å². The van der Waals surface area contributed by atoms with Crippen LogP contribution in [0.25, 0.3) is 34.2 Å². The third kappa shape index (κ3) is 5.18. The van der Waals surface area contributed by atoms with Crippen LogP contribution in [-0.4, -0.2) is 71.5 Å². The normalized spacial score (nSPS) is 12.0. The van der Waals surface area contributed by atoms with E-state index in [-0.39, 0.29) is 16.9 Å². The molecular weight excluding hydrogens is 562 g/mol. The number of rotatable bonds is 5. The van der Waals surface area contributed by atoms with Crippen molar-refractivity contribution in [2.45, 2.75) is 16.7 Å². The summed E-state index contributed by atoms with van der Waals surface area (Å²) in [7, 11) is -10.0. The zero-order chi connectivity index (χ0) is 29.0. The first-order chi connectivity index (χ1) is 18.0. The minimum Gasteiger partial charge on any atom is -0.508 e. The molecule has 0 fully saturated rings. The first kappa shape index (κ1) is 27.3. The van der Waals surface area contributed by atoms with Crippen LogP contribution in [0.2, 0.25) is 0 Å². The zero-order valence-electron chi connectivity index (χ0n) is 19.3. The molecule has 4 aromatic rings. The summed E-state index contributed by atoms with van der Waals surface area (Å²) in [6.45, 7) is 1.47. The van der Waals surface area contributed by atoms with E-state index in [9.17, 15) is 56.6 Å². The van der Waals surface area contributed by atoms with Gasteiger partial charge in [-0.1, -0.05) is 0 Å². The van der Waals surface area contributed by atoms with Crippen LogP contribution in [0.3, 0.4) is 0 Å². The molecule has 4 rings (SSSR count). The van der Waals surface area contributed by atoms with E-state index in [0.29, 0.717) is 24.3 Å². The molecule has 0 saturated carbocycles. The summed E-state index contributed by atoms with van der Waals surface area (Å²) in [5, 5.41) is 60.9. The van der Waals surface area contributed by atoms with Crippen molar-refractivity contribution in [3.8, 4) is 68.7 Å². The fraction of sp³-hybridized carbons (Fsp3) is 0.0455. The van der Waals surface area contributed by atoms with Crippen molar-refractivity contribution < 1.29 is 56.6 Å². The van der Waals surface area contributed by atoms with Gasteiger partial charge in [-0.2, -0.15) is 16.8 Å². The summed E-state index contributed by atoms with van der Waals surface area (Å²) in [6.07, 6.45) is 0. The lowest BCUT2D eigenvalue weighted by molar-refractivity contribution is 0.429. The summed E-state index contributed by atoms with van der Waals surface area (Å²) in [5.74, 6) is -6.01. The Morgan fingerprint density at radius 3 is 1.13 bits per heavy atom. The van der Waals surface area contributed by atoms with E-state index in [2.05, 4.69) is 15.0 Å². The van der Waals surface area contributed by atoms with Gasteiger partial charge < -0.3 is 30.6 Å². The van der Waals surface area contributed by atoms with Crippen LogP contribution in [0.15, 0.2) is 46.2 Å². The van der Waals surface area contributed by atoms with Crippen LogP contribution in [0.4, 0.5) is 0 Å². The molecule has 1 heterocycles. The van der Waals surface area contributed by atoms with E-state index >= 15 is 0 Å². The molecule has 0 spiro atoms. The number of hydrogen-bond acceptors (Lipinski definition) is 13. The van der Waals surface area contributed by atoms with Crippen LogP contribution in [0.1, 0.15) is 5.56 Å². The molecule has 0 atom stereocenters. The molecule has 0 radical (unpaired) electrons. The highest BCUT2D eigenvalue weighted by molar-refractivity contribution is 7.86. The molecule has 17 heteroatoms. The maximum Gasteiger partial charge on any atom is 0.298 e. The predicted molar refractivity (Wildman–Crippen MR) is 130 cm³/mol. The molecule has 0 amide bonds. The molecule has 1 aromatic heterocycles. The second kappa shape index (κ2) is 9.24. The second-order valence-electron chi connectivity index (χ2n) is 8.09. The molecule has 204 valence electrons. The Bertz CT molecular complexity index is 1790. The Kier molecular flexibility index (Phi) is 6.47. The molecule has 0 aliphatic rings. The molecule has 15 nitrogen and oxygen atoms in total. The van der Waals surface area contributed by atoms with Crippen molar-refractivity contribution in [1.82, 2.24) is 15.0 Å². The molecule has 0 aliphatic carbocycles. The van der Waals surface area contributed by atoms with Crippen molar-refractivity contribution >= 4 is 20.2 Å². The Morgan fingerprint density at radius 2 is 0.795 bits per heavy atom. The highest BCUT2D eigenvalue weighted by Crippen LogP contribution is 2.41. The minimum absolute atomic E-state index is 0.142. The summed E-state index contributed by atoms with van der Waals surface area (Å²) in [6, 6.07) is 4.57. The highest BCUT2D eigenvalue weighted by Gasteiger charge is 2.25. The molecule has 0 bridgehead atoms. The smallest absolute Gasteiger partial charge is 0.298 e. The molecule has 39 heavy (non-hydrogen) atoms. The Hall–Kier alpha value is -4.71. The first-order valence-electron chi connectivity index (χ1n) is 10.3. The van der Waals surface area contributed by atoms with Crippen molar-refractivity contribution in [2.24, 2.45) is 0 Å². The average Bonchev–Trinajstić information content (AvgIpc) is 2.79. The summed E-state index contributed by atoms with van der Waals surface area (Å²) in [5.41, 5.74) is -0.910. The molecule has 0 saturated heterocycles. The molecular formula is C22H17N3O12S2. The van der Waals surface area contributed by atoms with Gasteiger partial charge in [-0.25, -0.2) is 15.0 Å². The number of hydrogen-bond donors (Lipinski definition) is 8. The monoisotopic (exact) mass is 579 g/mol. The molecule has 3 aromatic carbocycles. The van der Waals surface area contributed by atoms with E-state index in [1.165, 1.54) is 13.0 Å². The van der Waals surface area contributed by atoms with Crippen molar-refractivity contribution in [3.63, 3.8) is 0 Å². The van der Waals surface area contributed by atoms with Crippen molar-refractivity contribution in [2.75, 3.05) is 0 Å². The SMILES string of the molecule is Cc1cc(-c2nc(-c3cc(S(=O)(=O)O)c(O)cc3O)nc(-c3cc(S(=O)(=O)O)c(O)cc3O)n2)c(O)cc1O. The second-order valence-corrected chi connectivity index (χ2v) is 10.9. The standard InChI is InChI=1S/C22H17N3O12S2/c1-8-2-9(13(27)5-12(8)26)20-23-21(10-3-18(38(32,33)34)16(30)6-14(10)28)25-22(24-20)11-4-19(39(35,36)37)17(31)7-15(11)29/h2-7,26-31H,1H3,(H,32,33,34)(H,35,36,37). The fourth-order valence-electron chi connectivity index (χ4n) is 3.49. The number of phenolic OH excluding ortho intramolecular Hbond substituents is 6. The lowest BCUT2D eigenvalue weighted by Gasteiger charge is -2.13. The first-order valence-corrected chi connectivity index (χ1v) is 13.2. The van der Waals surface area contributed by atoms with Gasteiger partial charge >= 0.3 is 0 Å². The van der Waals surface area contributed by atoms with Crippen molar-refractivity contribution in [3.05, 3.63) is 42.0 Å². The van der Waals surface area contributed by atoms with Gasteiger partial charge in [0.25, 0.3) is 20.2 Å². The van der Waals surface area contributed by atoms with Gasteiger partial charge in [0.1, 0.15) is 44.3 Å². The number of nitrogens with zero attached hydrogens (tertiary/aromatic N) is 3. The van der Waals surface area contributed by atoms with Gasteiger partial charge in [0, 0.05) is 18.2 Å². The summed E-state index contributed by atoms with van der Waals surface area (Å²) >= 11 is 0. The Balaban J connectivity index is 2.11. The molecule has 0 aliphatic heterocycles. The van der Waals surface area contributed by atoms with E-state index in [0.717, 1.165) is 6.07 Å². The number of benzene rings is 3. The molecule has 8 N–H and O–H groups in total. The summed E-state index contributed by atoms with van der Waals surface area (Å²) < 4.78 is 65.7. The number of phenols is 6. The quantitative estimate of drug-likeness (QED) is 0.157. The lowest BCUT2D eigenvalue weighted by atomic mass is 10.1. The maximum atomic E-state index is 11.7. The fourth-order valence-corrected chi connectivity index (χ4v) is 4.67. The van der Waals surface area contributed by atoms with E-state index < -0.39 is 87.4 Å².